The zero-order valence-electron chi connectivity index (χ0n) is 8.27. The van der Waals surface area contributed by atoms with Gasteiger partial charge < -0.3 is 5.32 Å². The standard InChI is InChI=1S/C11H11BrN2S/c1-8(11-6-13-7-15-11)14-10-4-2-9(12)3-5-10/h2-8,14H,1H3. The second kappa shape index (κ2) is 4.77. The van der Waals surface area contributed by atoms with Gasteiger partial charge in [-0.1, -0.05) is 15.9 Å². The van der Waals surface area contributed by atoms with E-state index in [0.29, 0.717) is 6.04 Å². The first-order valence-electron chi connectivity index (χ1n) is 4.66. The third-order valence-corrected chi connectivity index (χ3v) is 3.59. The maximum atomic E-state index is 4.07. The fourth-order valence-corrected chi connectivity index (χ4v) is 2.20. The number of nitrogens with one attached hydrogen (secondary N) is 1. The number of hydrogen-bond donors (Lipinski definition) is 1. The van der Waals surface area contributed by atoms with Crippen LogP contribution in [0.5, 0.6) is 0 Å². The normalized spacial score (nSPS) is 12.4. The molecule has 1 atom stereocenters. The predicted molar refractivity (Wildman–Crippen MR) is 68.3 cm³/mol. The van der Waals surface area contributed by atoms with E-state index in [1.54, 1.807) is 11.3 Å². The average Bonchev–Trinajstić information content (AvgIpc) is 2.74. The third-order valence-electron chi connectivity index (χ3n) is 2.11. The van der Waals surface area contributed by atoms with Crippen LogP contribution >= 0.6 is 27.3 Å². The Morgan fingerprint density at radius 2 is 2.07 bits per heavy atom. The second-order valence-electron chi connectivity index (χ2n) is 3.28. The van der Waals surface area contributed by atoms with E-state index in [1.165, 1.54) is 4.88 Å². The number of rotatable bonds is 3. The summed E-state index contributed by atoms with van der Waals surface area (Å²) in [5, 5.41) is 3.42. The Labute approximate surface area is 101 Å². The first kappa shape index (κ1) is 10.6. The van der Waals surface area contributed by atoms with Crippen LogP contribution in [0.25, 0.3) is 0 Å². The minimum absolute atomic E-state index is 0.304. The van der Waals surface area contributed by atoms with Gasteiger partial charge in [0.2, 0.25) is 0 Å². The highest BCUT2D eigenvalue weighted by Gasteiger charge is 2.06. The highest BCUT2D eigenvalue weighted by molar-refractivity contribution is 9.10. The molecule has 4 heteroatoms. The quantitative estimate of drug-likeness (QED) is 0.918. The molecule has 0 fully saturated rings. The zero-order chi connectivity index (χ0) is 10.7. The summed E-state index contributed by atoms with van der Waals surface area (Å²) >= 11 is 5.09. The number of hydrogen-bond acceptors (Lipinski definition) is 3. The monoisotopic (exact) mass is 282 g/mol. The molecule has 0 saturated heterocycles. The molecule has 0 saturated carbocycles. The van der Waals surface area contributed by atoms with Gasteiger partial charge in [0, 0.05) is 21.2 Å². The van der Waals surface area contributed by atoms with Crippen LogP contribution in [0.15, 0.2) is 40.4 Å². The van der Waals surface area contributed by atoms with Crippen LogP contribution in [0.4, 0.5) is 5.69 Å². The molecule has 0 aliphatic rings. The average molecular weight is 283 g/mol. The van der Waals surface area contributed by atoms with Crippen LogP contribution in [0.3, 0.4) is 0 Å². The van der Waals surface area contributed by atoms with Crippen molar-refractivity contribution in [2.45, 2.75) is 13.0 Å². The van der Waals surface area contributed by atoms with E-state index in [-0.39, 0.29) is 0 Å². The molecule has 0 amide bonds. The third kappa shape index (κ3) is 2.79. The number of aromatic nitrogens is 1. The minimum atomic E-state index is 0.304. The van der Waals surface area contributed by atoms with E-state index in [0.717, 1.165) is 10.2 Å². The lowest BCUT2D eigenvalue weighted by molar-refractivity contribution is 0.903. The summed E-state index contributed by atoms with van der Waals surface area (Å²) in [6.45, 7) is 2.13. The van der Waals surface area contributed by atoms with Crippen LogP contribution in [0, 0.1) is 0 Å². The molecule has 2 aromatic rings. The van der Waals surface area contributed by atoms with E-state index in [1.807, 2.05) is 23.8 Å². The summed E-state index contributed by atoms with van der Waals surface area (Å²) in [6, 6.07) is 8.48. The van der Waals surface area contributed by atoms with Gasteiger partial charge >= 0.3 is 0 Å². The molecule has 1 N–H and O–H groups in total. The van der Waals surface area contributed by atoms with Crippen molar-refractivity contribution in [1.29, 1.82) is 0 Å². The molecular formula is C11H11BrN2S. The Hall–Kier alpha value is -0.870. The highest BCUT2D eigenvalue weighted by Crippen LogP contribution is 2.22. The summed E-state index contributed by atoms with van der Waals surface area (Å²) in [6.07, 6.45) is 1.90. The molecule has 2 rings (SSSR count). The summed E-state index contributed by atoms with van der Waals surface area (Å²) in [7, 11) is 0. The van der Waals surface area contributed by atoms with Gasteiger partial charge in [0.15, 0.2) is 0 Å². The van der Waals surface area contributed by atoms with Crippen molar-refractivity contribution in [1.82, 2.24) is 4.98 Å². The fraction of sp³-hybridized carbons (Fsp3) is 0.182. The minimum Gasteiger partial charge on any atom is -0.378 e. The van der Waals surface area contributed by atoms with Crippen molar-refractivity contribution >= 4 is 33.0 Å². The molecular weight excluding hydrogens is 272 g/mol. The van der Waals surface area contributed by atoms with Crippen molar-refractivity contribution < 1.29 is 0 Å². The smallest absolute Gasteiger partial charge is 0.0795 e. The molecule has 0 aliphatic carbocycles. The van der Waals surface area contributed by atoms with Gasteiger partial charge in [0.05, 0.1) is 11.6 Å². The van der Waals surface area contributed by atoms with Crippen LogP contribution in [0.1, 0.15) is 17.8 Å². The van der Waals surface area contributed by atoms with Crippen LogP contribution in [0.2, 0.25) is 0 Å². The van der Waals surface area contributed by atoms with Crippen molar-refractivity contribution in [2.75, 3.05) is 5.32 Å². The maximum absolute atomic E-state index is 4.07. The summed E-state index contributed by atoms with van der Waals surface area (Å²) in [4.78, 5) is 5.32. The molecule has 0 radical (unpaired) electrons. The SMILES string of the molecule is CC(Nc1ccc(Br)cc1)c1cncs1. The Kier molecular flexibility index (Phi) is 3.38. The molecule has 2 nitrogen and oxygen atoms in total. The number of anilines is 1. The van der Waals surface area contributed by atoms with E-state index in [4.69, 9.17) is 0 Å². The van der Waals surface area contributed by atoms with Gasteiger partial charge in [-0.05, 0) is 31.2 Å². The zero-order valence-corrected chi connectivity index (χ0v) is 10.7. The van der Waals surface area contributed by atoms with Crippen molar-refractivity contribution in [3.63, 3.8) is 0 Å². The summed E-state index contributed by atoms with van der Waals surface area (Å²) in [5.74, 6) is 0. The lowest BCUT2D eigenvalue weighted by Gasteiger charge is -2.12. The second-order valence-corrected chi connectivity index (χ2v) is 5.11. The molecule has 78 valence electrons. The van der Waals surface area contributed by atoms with E-state index in [2.05, 4.69) is 45.3 Å². The van der Waals surface area contributed by atoms with Gasteiger partial charge in [-0.25, -0.2) is 0 Å². The van der Waals surface area contributed by atoms with Crippen LogP contribution in [-0.2, 0) is 0 Å². The summed E-state index contributed by atoms with van der Waals surface area (Å²) < 4.78 is 1.10. The van der Waals surface area contributed by atoms with Crippen molar-refractivity contribution in [2.24, 2.45) is 0 Å². The fourth-order valence-electron chi connectivity index (χ4n) is 1.31. The first-order valence-corrected chi connectivity index (χ1v) is 6.33. The lowest BCUT2D eigenvalue weighted by atomic mass is 10.2. The van der Waals surface area contributed by atoms with Crippen molar-refractivity contribution in [3.8, 4) is 0 Å². The Balaban J connectivity index is 2.06. The van der Waals surface area contributed by atoms with Crippen LogP contribution < -0.4 is 5.32 Å². The Morgan fingerprint density at radius 3 is 2.67 bits per heavy atom. The van der Waals surface area contributed by atoms with Gasteiger partial charge in [0.1, 0.15) is 0 Å². The van der Waals surface area contributed by atoms with E-state index in [9.17, 15) is 0 Å². The van der Waals surface area contributed by atoms with Crippen LogP contribution in [-0.4, -0.2) is 4.98 Å². The molecule has 1 aromatic heterocycles. The Morgan fingerprint density at radius 1 is 1.33 bits per heavy atom. The number of thiazole rings is 1. The summed E-state index contributed by atoms with van der Waals surface area (Å²) in [5.41, 5.74) is 2.98. The molecule has 1 heterocycles. The number of halogens is 1. The molecule has 1 aromatic carbocycles. The first-order chi connectivity index (χ1) is 7.25. The Bertz CT molecular complexity index is 411. The van der Waals surface area contributed by atoms with Crippen molar-refractivity contribution in [3.05, 3.63) is 45.3 Å². The van der Waals surface area contributed by atoms with Gasteiger partial charge in [-0.3, -0.25) is 4.98 Å². The predicted octanol–water partition coefficient (Wildman–Crippen LogP) is 4.08. The number of nitrogens with zero attached hydrogens (tertiary/aromatic N) is 1. The topological polar surface area (TPSA) is 24.9 Å². The van der Waals surface area contributed by atoms with Gasteiger partial charge in [0.25, 0.3) is 0 Å². The molecule has 15 heavy (non-hydrogen) atoms. The van der Waals surface area contributed by atoms with Gasteiger partial charge in [-0.15, -0.1) is 11.3 Å². The van der Waals surface area contributed by atoms with E-state index >= 15 is 0 Å². The molecule has 1 unspecified atom stereocenters. The molecule has 0 spiro atoms. The largest absolute Gasteiger partial charge is 0.378 e. The highest BCUT2D eigenvalue weighted by atomic mass is 79.9. The maximum Gasteiger partial charge on any atom is 0.0795 e. The molecule has 0 aliphatic heterocycles. The lowest BCUT2D eigenvalue weighted by Crippen LogP contribution is -2.04. The van der Waals surface area contributed by atoms with E-state index < -0.39 is 0 Å². The van der Waals surface area contributed by atoms with Gasteiger partial charge in [-0.2, -0.15) is 0 Å². The number of benzene rings is 1. The molecule has 0 bridgehead atoms.